The number of aromatic nitrogens is 2. The lowest BCUT2D eigenvalue weighted by Crippen LogP contribution is -2.10. The van der Waals surface area contributed by atoms with Gasteiger partial charge in [0.2, 0.25) is 5.89 Å². The Morgan fingerprint density at radius 3 is 2.64 bits per heavy atom. The zero-order valence-electron chi connectivity index (χ0n) is 11.9. The average Bonchev–Trinajstić information content (AvgIpc) is 2.88. The number of benzene rings is 2. The van der Waals surface area contributed by atoms with Crippen molar-refractivity contribution in [1.29, 1.82) is 0 Å². The molecule has 0 atom stereocenters. The van der Waals surface area contributed by atoms with Gasteiger partial charge in [0.15, 0.2) is 0 Å². The van der Waals surface area contributed by atoms with Crippen molar-refractivity contribution in [2.45, 2.75) is 13.6 Å². The third kappa shape index (κ3) is 3.21. The molecule has 0 aliphatic heterocycles. The van der Waals surface area contributed by atoms with Crippen molar-refractivity contribution in [3.63, 3.8) is 0 Å². The Morgan fingerprint density at radius 2 is 1.91 bits per heavy atom. The van der Waals surface area contributed by atoms with E-state index in [4.69, 9.17) is 28.2 Å². The van der Waals surface area contributed by atoms with Crippen LogP contribution >= 0.6 is 23.8 Å². The molecule has 1 heterocycles. The SMILES string of the molecule is Cc1ccccc1NCn1nc(-c2ccc(Cl)cc2)oc1=S. The first kappa shape index (κ1) is 14.8. The van der Waals surface area contributed by atoms with Crippen LogP contribution in [0.2, 0.25) is 5.02 Å². The van der Waals surface area contributed by atoms with Gasteiger partial charge in [0.1, 0.15) is 6.67 Å². The zero-order chi connectivity index (χ0) is 15.5. The molecule has 0 saturated heterocycles. The lowest BCUT2D eigenvalue weighted by molar-refractivity contribution is 0.522. The van der Waals surface area contributed by atoms with Gasteiger partial charge in [0, 0.05) is 16.3 Å². The molecule has 0 radical (unpaired) electrons. The summed E-state index contributed by atoms with van der Waals surface area (Å²) in [5.41, 5.74) is 3.04. The van der Waals surface area contributed by atoms with Gasteiger partial charge in [-0.05, 0) is 55.0 Å². The molecule has 1 aromatic heterocycles. The molecule has 112 valence electrons. The molecular formula is C16H14ClN3OS. The van der Waals surface area contributed by atoms with Crippen LogP contribution in [-0.4, -0.2) is 9.78 Å². The van der Waals surface area contributed by atoms with Gasteiger partial charge in [-0.1, -0.05) is 29.8 Å². The third-order valence-electron chi connectivity index (χ3n) is 3.26. The maximum Gasteiger partial charge on any atom is 0.289 e. The van der Waals surface area contributed by atoms with Crippen molar-refractivity contribution in [3.8, 4) is 11.5 Å². The normalized spacial score (nSPS) is 10.6. The molecule has 1 N–H and O–H groups in total. The van der Waals surface area contributed by atoms with Crippen LogP contribution in [0.3, 0.4) is 0 Å². The highest BCUT2D eigenvalue weighted by Gasteiger charge is 2.08. The van der Waals surface area contributed by atoms with Gasteiger partial charge >= 0.3 is 0 Å². The minimum Gasteiger partial charge on any atom is -0.409 e. The molecule has 6 heteroatoms. The van der Waals surface area contributed by atoms with Crippen molar-refractivity contribution in [1.82, 2.24) is 9.78 Å². The summed E-state index contributed by atoms with van der Waals surface area (Å²) in [5, 5.41) is 8.36. The Morgan fingerprint density at radius 1 is 1.18 bits per heavy atom. The topological polar surface area (TPSA) is 43.0 Å². The first-order valence-corrected chi connectivity index (χ1v) is 7.55. The van der Waals surface area contributed by atoms with E-state index in [9.17, 15) is 0 Å². The second-order valence-electron chi connectivity index (χ2n) is 4.83. The van der Waals surface area contributed by atoms with E-state index >= 15 is 0 Å². The van der Waals surface area contributed by atoms with Gasteiger partial charge in [-0.3, -0.25) is 0 Å². The highest BCUT2D eigenvalue weighted by Crippen LogP contribution is 2.20. The number of aryl methyl sites for hydroxylation is 1. The number of rotatable bonds is 4. The van der Waals surface area contributed by atoms with Gasteiger partial charge in [0.25, 0.3) is 4.84 Å². The minimum atomic E-state index is 0.325. The van der Waals surface area contributed by atoms with E-state index in [1.165, 1.54) is 0 Å². The van der Waals surface area contributed by atoms with E-state index in [2.05, 4.69) is 10.4 Å². The first-order chi connectivity index (χ1) is 10.6. The maximum absolute atomic E-state index is 5.88. The van der Waals surface area contributed by atoms with E-state index in [-0.39, 0.29) is 0 Å². The van der Waals surface area contributed by atoms with Crippen LogP contribution in [0.25, 0.3) is 11.5 Å². The summed E-state index contributed by atoms with van der Waals surface area (Å²) < 4.78 is 7.16. The van der Waals surface area contributed by atoms with Crippen molar-refractivity contribution in [2.24, 2.45) is 0 Å². The number of para-hydroxylation sites is 1. The van der Waals surface area contributed by atoms with E-state index in [1.807, 2.05) is 43.3 Å². The zero-order valence-corrected chi connectivity index (χ0v) is 13.5. The quantitative estimate of drug-likeness (QED) is 0.690. The monoisotopic (exact) mass is 331 g/mol. The van der Waals surface area contributed by atoms with Crippen LogP contribution in [-0.2, 0) is 6.67 Å². The Bertz CT molecular complexity index is 839. The van der Waals surface area contributed by atoms with Crippen molar-refractivity contribution < 1.29 is 4.42 Å². The van der Waals surface area contributed by atoms with Crippen molar-refractivity contribution >= 4 is 29.5 Å². The summed E-state index contributed by atoms with van der Waals surface area (Å²) in [6, 6.07) is 15.3. The summed E-state index contributed by atoms with van der Waals surface area (Å²) in [7, 11) is 0. The summed E-state index contributed by atoms with van der Waals surface area (Å²) in [5.74, 6) is 0.480. The largest absolute Gasteiger partial charge is 0.409 e. The summed E-state index contributed by atoms with van der Waals surface area (Å²) in [6.45, 7) is 2.49. The van der Waals surface area contributed by atoms with E-state index < -0.39 is 0 Å². The lowest BCUT2D eigenvalue weighted by atomic mass is 10.2. The Hall–Kier alpha value is -2.11. The molecule has 2 aromatic carbocycles. The van der Waals surface area contributed by atoms with Crippen molar-refractivity contribution in [3.05, 3.63) is 64.0 Å². The Labute approximate surface area is 138 Å². The number of halogens is 1. The number of hydrogen-bond acceptors (Lipinski definition) is 4. The molecule has 0 bridgehead atoms. The number of hydrogen-bond donors (Lipinski definition) is 1. The highest BCUT2D eigenvalue weighted by atomic mass is 35.5. The van der Waals surface area contributed by atoms with Crippen LogP contribution in [0.5, 0.6) is 0 Å². The molecule has 0 fully saturated rings. The first-order valence-electron chi connectivity index (χ1n) is 6.77. The number of nitrogens with zero attached hydrogens (tertiary/aromatic N) is 2. The molecular weight excluding hydrogens is 318 g/mol. The summed E-state index contributed by atoms with van der Waals surface area (Å²) in [6.07, 6.45) is 0. The summed E-state index contributed by atoms with van der Waals surface area (Å²) in [4.78, 5) is 0.325. The molecule has 0 aliphatic carbocycles. The second-order valence-corrected chi connectivity index (χ2v) is 5.62. The fourth-order valence-corrected chi connectivity index (χ4v) is 2.36. The van der Waals surface area contributed by atoms with Crippen LogP contribution in [0.1, 0.15) is 5.56 Å². The van der Waals surface area contributed by atoms with E-state index in [1.54, 1.807) is 16.8 Å². The second kappa shape index (κ2) is 6.34. The molecule has 0 saturated carbocycles. The number of nitrogens with one attached hydrogen (secondary N) is 1. The molecule has 3 aromatic rings. The average molecular weight is 332 g/mol. The van der Waals surface area contributed by atoms with Gasteiger partial charge in [-0.25, -0.2) is 4.68 Å². The fraction of sp³-hybridized carbons (Fsp3) is 0.125. The Kier molecular flexibility index (Phi) is 4.27. The standard InChI is InChI=1S/C16H14ClN3OS/c1-11-4-2-3-5-14(11)18-10-20-16(22)21-15(19-20)12-6-8-13(17)9-7-12/h2-9,18H,10H2,1H3. The molecule has 0 aliphatic rings. The minimum absolute atomic E-state index is 0.325. The van der Waals surface area contributed by atoms with Gasteiger partial charge in [0.05, 0.1) is 0 Å². The maximum atomic E-state index is 5.88. The third-order valence-corrected chi connectivity index (χ3v) is 3.81. The molecule has 0 unspecified atom stereocenters. The van der Waals surface area contributed by atoms with Crippen LogP contribution in [0.15, 0.2) is 52.9 Å². The molecule has 0 amide bonds. The van der Waals surface area contributed by atoms with E-state index in [0.717, 1.165) is 16.8 Å². The van der Waals surface area contributed by atoms with Crippen molar-refractivity contribution in [2.75, 3.05) is 5.32 Å². The highest BCUT2D eigenvalue weighted by molar-refractivity contribution is 7.71. The molecule has 4 nitrogen and oxygen atoms in total. The Balaban J connectivity index is 1.80. The van der Waals surface area contributed by atoms with Crippen LogP contribution < -0.4 is 5.32 Å². The number of anilines is 1. The molecule has 0 spiro atoms. The predicted octanol–water partition coefficient (Wildman–Crippen LogP) is 4.90. The van der Waals surface area contributed by atoms with Gasteiger partial charge in [-0.15, -0.1) is 5.10 Å². The van der Waals surface area contributed by atoms with Gasteiger partial charge in [-0.2, -0.15) is 0 Å². The van der Waals surface area contributed by atoms with E-state index in [0.29, 0.717) is 22.4 Å². The lowest BCUT2D eigenvalue weighted by Gasteiger charge is -2.08. The predicted molar refractivity (Wildman–Crippen MR) is 90.6 cm³/mol. The van der Waals surface area contributed by atoms with Crippen LogP contribution in [0, 0.1) is 11.8 Å². The van der Waals surface area contributed by atoms with Gasteiger partial charge < -0.3 is 9.73 Å². The van der Waals surface area contributed by atoms with Crippen LogP contribution in [0.4, 0.5) is 5.69 Å². The summed E-state index contributed by atoms with van der Waals surface area (Å²) >= 11 is 11.1. The molecule has 3 rings (SSSR count). The fourth-order valence-electron chi connectivity index (χ4n) is 2.05. The smallest absolute Gasteiger partial charge is 0.289 e. The molecule has 22 heavy (non-hydrogen) atoms.